The lowest BCUT2D eigenvalue weighted by Crippen LogP contribution is -2.51. The summed E-state index contributed by atoms with van der Waals surface area (Å²) >= 11 is 39.6. The Balaban J connectivity index is 0.000000258. The minimum Gasteiger partial charge on any atom is -0.480 e. The molecule has 2 aliphatic carbocycles. The highest BCUT2D eigenvalue weighted by atomic mass is 35.5. The van der Waals surface area contributed by atoms with Gasteiger partial charge in [-0.15, -0.1) is 0 Å². The van der Waals surface area contributed by atoms with Gasteiger partial charge in [-0.25, -0.2) is 9.59 Å². The van der Waals surface area contributed by atoms with Gasteiger partial charge in [-0.1, -0.05) is 120 Å². The third-order valence-corrected chi connectivity index (χ3v) is 16.4. The molecule has 2 unspecified atom stereocenters. The van der Waals surface area contributed by atoms with Crippen molar-refractivity contribution >= 4 is 139 Å². The van der Waals surface area contributed by atoms with Crippen LogP contribution in [-0.2, 0) is 27.2 Å². The zero-order chi connectivity index (χ0) is 50.1. The second-order valence-electron chi connectivity index (χ2n) is 17.3. The summed E-state index contributed by atoms with van der Waals surface area (Å²) < 4.78 is 5.05. The Kier molecular flexibility index (Phi) is 22.3. The fraction of sp³-hybridized carbons (Fsp3) is 0.412. The quantitative estimate of drug-likeness (QED) is 0.0290. The van der Waals surface area contributed by atoms with Gasteiger partial charge in [0.2, 0.25) is 0 Å². The van der Waals surface area contributed by atoms with Gasteiger partial charge >= 0.3 is 11.9 Å². The number of ether oxygens (including phenoxy) is 1. The van der Waals surface area contributed by atoms with Gasteiger partial charge in [0.25, 0.3) is 11.8 Å². The molecule has 4 aromatic rings. The molecule has 370 valence electrons. The summed E-state index contributed by atoms with van der Waals surface area (Å²) in [5.74, 6) is 0.101. The second kappa shape index (κ2) is 27.3. The first-order chi connectivity index (χ1) is 33.0. The number of benzene rings is 4. The third-order valence-electron chi connectivity index (χ3n) is 12.7. The van der Waals surface area contributed by atoms with Gasteiger partial charge in [0.1, 0.15) is 12.1 Å². The molecule has 0 heterocycles. The van der Waals surface area contributed by atoms with Gasteiger partial charge in [-0.05, 0) is 135 Å². The van der Waals surface area contributed by atoms with Crippen LogP contribution in [0.1, 0.15) is 96.1 Å². The Morgan fingerprint density at radius 3 is 1.30 bits per heavy atom. The number of esters is 1. The van der Waals surface area contributed by atoms with E-state index >= 15 is 0 Å². The molecule has 2 atom stereocenters. The van der Waals surface area contributed by atoms with Crippen molar-refractivity contribution < 1.29 is 29.0 Å². The molecule has 0 aliphatic heterocycles. The van der Waals surface area contributed by atoms with E-state index in [1.165, 1.54) is 7.11 Å². The van der Waals surface area contributed by atoms with Crippen LogP contribution in [0.3, 0.4) is 0 Å². The number of aliphatic carboxylic acids is 1. The Morgan fingerprint density at radius 2 is 0.986 bits per heavy atom. The first-order valence-corrected chi connectivity index (χ1v) is 27.8. The highest BCUT2D eigenvalue weighted by Gasteiger charge is 2.43. The predicted molar refractivity (Wildman–Crippen MR) is 296 cm³/mol. The van der Waals surface area contributed by atoms with Gasteiger partial charge in [-0.2, -0.15) is 23.5 Å². The highest BCUT2D eigenvalue weighted by molar-refractivity contribution is 7.98. The van der Waals surface area contributed by atoms with Crippen molar-refractivity contribution in [3.63, 3.8) is 0 Å². The van der Waals surface area contributed by atoms with Crippen molar-refractivity contribution in [2.45, 2.75) is 89.1 Å². The minimum absolute atomic E-state index is 0.00847. The topological polar surface area (TPSA) is 146 Å². The lowest BCUT2D eigenvalue weighted by atomic mass is 9.66. The molecule has 0 spiro atoms. The second-order valence-corrected chi connectivity index (χ2v) is 21.7. The molecule has 0 saturated heterocycles. The maximum absolute atomic E-state index is 12.6. The molecule has 4 aromatic carbocycles. The number of hydrogen-bond acceptors (Lipinski definition) is 9. The summed E-state index contributed by atoms with van der Waals surface area (Å²) in [6.07, 6.45) is 15.6. The maximum Gasteiger partial charge on any atom is 0.328 e. The van der Waals surface area contributed by atoms with Crippen LogP contribution in [0.4, 0.5) is 11.4 Å². The summed E-state index contributed by atoms with van der Waals surface area (Å²) in [6, 6.07) is 22.7. The van der Waals surface area contributed by atoms with Gasteiger partial charge < -0.3 is 31.1 Å². The van der Waals surface area contributed by atoms with E-state index in [9.17, 15) is 24.3 Å². The van der Waals surface area contributed by atoms with Crippen LogP contribution >= 0.6 is 94.4 Å². The summed E-state index contributed by atoms with van der Waals surface area (Å²) in [5.41, 5.74) is 3.25. The molecule has 0 bridgehead atoms. The molecule has 2 amide bonds. The fourth-order valence-corrected chi connectivity index (χ4v) is 11.3. The number of thiocarbonyl (C=S) groups is 2. The van der Waals surface area contributed by atoms with Crippen molar-refractivity contribution in [1.82, 2.24) is 10.6 Å². The Labute approximate surface area is 444 Å². The van der Waals surface area contributed by atoms with Gasteiger partial charge in [0.05, 0.1) is 48.3 Å². The number of anilines is 2. The van der Waals surface area contributed by atoms with E-state index in [-0.39, 0.29) is 60.3 Å². The Hall–Kier alpha value is -3.60. The van der Waals surface area contributed by atoms with E-state index in [0.29, 0.717) is 22.8 Å². The maximum atomic E-state index is 12.6. The summed E-state index contributed by atoms with van der Waals surface area (Å²) in [6.45, 7) is 0. The van der Waals surface area contributed by atoms with Crippen molar-refractivity contribution in [3.05, 3.63) is 127 Å². The van der Waals surface area contributed by atoms with Crippen LogP contribution in [0.5, 0.6) is 0 Å². The molecule has 2 fully saturated rings. The number of nitrogens with one attached hydrogen (secondary N) is 4. The van der Waals surface area contributed by atoms with Crippen LogP contribution in [0, 0.1) is 10.8 Å². The number of carboxylic acid groups (broad SMARTS) is 1. The largest absolute Gasteiger partial charge is 0.480 e. The number of rotatable bonds is 22. The van der Waals surface area contributed by atoms with Crippen LogP contribution in [-0.4, -0.2) is 82.0 Å². The van der Waals surface area contributed by atoms with Crippen LogP contribution in [0.25, 0.3) is 0 Å². The van der Waals surface area contributed by atoms with Crippen LogP contribution < -0.4 is 21.3 Å². The summed E-state index contributed by atoms with van der Waals surface area (Å²) in [5, 5.41) is 22.9. The van der Waals surface area contributed by atoms with Crippen LogP contribution in [0.15, 0.2) is 84.9 Å². The van der Waals surface area contributed by atoms with Gasteiger partial charge in [-0.3, -0.25) is 9.59 Å². The molecule has 69 heavy (non-hydrogen) atoms. The molecule has 2 saturated carbocycles. The third kappa shape index (κ3) is 15.7. The van der Waals surface area contributed by atoms with Crippen molar-refractivity contribution in [1.29, 1.82) is 0 Å². The number of carboxylic acids is 1. The number of amides is 2. The van der Waals surface area contributed by atoms with Crippen molar-refractivity contribution in [2.75, 3.05) is 41.8 Å². The number of thioether (sulfide) groups is 2. The Morgan fingerprint density at radius 1 is 0.623 bits per heavy atom. The van der Waals surface area contributed by atoms with E-state index in [0.717, 1.165) is 91.8 Å². The lowest BCUT2D eigenvalue weighted by Gasteiger charge is -2.43. The normalized spacial score (nSPS) is 15.1. The zero-order valence-electron chi connectivity index (χ0n) is 38.8. The molecular weight excluding hydrogens is 1030 g/mol. The van der Waals surface area contributed by atoms with Crippen molar-refractivity contribution in [2.24, 2.45) is 10.8 Å². The van der Waals surface area contributed by atoms with E-state index < -0.39 is 24.0 Å². The van der Waals surface area contributed by atoms with Crippen LogP contribution in [0.2, 0.25) is 20.1 Å². The minimum atomic E-state index is -0.938. The number of halogens is 4. The SMILES string of the molecule is COC(=O)C(Cc1ccc(NC(=O)c2c(Cl)cccc2Cl)cc1)NC(=S)C1(CCCSC)CCC1.CSCCCC1(C(=S)NC(Cc2ccc(NC(=O)c3c(Cl)cccc3Cl)cc2)C(=O)O)CCC1. The first-order valence-electron chi connectivity index (χ1n) is 22.6. The van der Waals surface area contributed by atoms with Gasteiger partial charge in [0.15, 0.2) is 0 Å². The van der Waals surface area contributed by atoms with E-state index in [1.807, 2.05) is 35.7 Å². The average molecular weight is 1090 g/mol. The highest BCUT2D eigenvalue weighted by Crippen LogP contribution is 2.47. The molecular formula is C51H58Cl4N4O6S4. The monoisotopic (exact) mass is 1090 g/mol. The molecule has 2 aliphatic rings. The standard InChI is InChI=1S/C26H30Cl2N2O3S2.C25H28Cl2N2O3S2/c1-33-24(32)21(30-25(34)26(12-4-13-26)14-5-15-35-2)16-17-8-10-18(11-9-17)29-23(31)22-19(27)6-3-7-20(22)28;1-34-14-4-13-25(11-3-12-25)24(33)29-20(23(31)32)15-16-7-9-17(10-8-16)28-22(30)21-18(26)5-2-6-19(21)27/h3,6-11,21H,4-5,12-16H2,1-2H3,(H,29,31)(H,30,34);2,5-10,20H,3-4,11-15H2,1H3,(H,28,30)(H,29,33)(H,31,32). The fourth-order valence-electron chi connectivity index (χ4n) is 8.39. The van der Waals surface area contributed by atoms with Gasteiger partial charge in [0, 0.05) is 35.0 Å². The first kappa shape index (κ1) is 56.3. The molecule has 0 aromatic heterocycles. The van der Waals surface area contributed by atoms with E-state index in [4.69, 9.17) is 75.6 Å². The molecule has 6 rings (SSSR count). The number of carbonyl (C=O) groups is 4. The number of carbonyl (C=O) groups excluding carboxylic acids is 3. The smallest absolute Gasteiger partial charge is 0.328 e. The molecule has 18 heteroatoms. The summed E-state index contributed by atoms with van der Waals surface area (Å²) in [4.78, 5) is 51.1. The average Bonchev–Trinajstić information content (AvgIpc) is 3.28. The van der Waals surface area contributed by atoms with Crippen molar-refractivity contribution in [3.8, 4) is 0 Å². The lowest BCUT2D eigenvalue weighted by molar-refractivity contribution is -0.142. The zero-order valence-corrected chi connectivity index (χ0v) is 45.1. The molecule has 5 N–H and O–H groups in total. The summed E-state index contributed by atoms with van der Waals surface area (Å²) in [7, 11) is 1.39. The number of methoxy groups -OCH3 is 1. The number of hydrogen-bond donors (Lipinski definition) is 5. The molecule has 10 nitrogen and oxygen atoms in total. The molecule has 0 radical (unpaired) electrons. The van der Waals surface area contributed by atoms with E-state index in [2.05, 4.69) is 33.8 Å². The Bertz CT molecular complexity index is 2400. The predicted octanol–water partition coefficient (Wildman–Crippen LogP) is 13.0. The van der Waals surface area contributed by atoms with E-state index in [1.54, 1.807) is 72.8 Å².